The van der Waals surface area contributed by atoms with E-state index in [1.54, 1.807) is 12.1 Å². The van der Waals surface area contributed by atoms with Crippen LogP contribution in [0.4, 0.5) is 11.4 Å². The monoisotopic (exact) mass is 384 g/mol. The van der Waals surface area contributed by atoms with Gasteiger partial charge in [0.2, 0.25) is 5.91 Å². The summed E-state index contributed by atoms with van der Waals surface area (Å²) in [4.78, 5) is 28.9. The third-order valence-corrected chi connectivity index (χ3v) is 5.26. The summed E-state index contributed by atoms with van der Waals surface area (Å²) in [6.07, 6.45) is 2.27. The van der Waals surface area contributed by atoms with Gasteiger partial charge in [-0.15, -0.1) is 0 Å². The predicted molar refractivity (Wildman–Crippen MR) is 97.1 cm³/mol. The highest BCUT2D eigenvalue weighted by atomic mass is 79.9. The first-order valence-corrected chi connectivity index (χ1v) is 8.91. The molecule has 0 aromatic heterocycles. The van der Waals surface area contributed by atoms with E-state index >= 15 is 0 Å². The second kappa shape index (κ2) is 6.06. The summed E-state index contributed by atoms with van der Waals surface area (Å²) in [5.74, 6) is -0.255. The van der Waals surface area contributed by atoms with Gasteiger partial charge >= 0.3 is 0 Å². The first kappa shape index (κ1) is 15.4. The maximum Gasteiger partial charge on any atom is 0.256 e. The zero-order chi connectivity index (χ0) is 16.7. The van der Waals surface area contributed by atoms with Crippen molar-refractivity contribution in [2.45, 2.75) is 25.3 Å². The van der Waals surface area contributed by atoms with Crippen LogP contribution in [0.15, 0.2) is 53.0 Å². The van der Waals surface area contributed by atoms with E-state index in [9.17, 15) is 9.59 Å². The van der Waals surface area contributed by atoms with Crippen LogP contribution in [0.3, 0.4) is 0 Å². The Morgan fingerprint density at radius 1 is 1.00 bits per heavy atom. The number of hydrogen-bond donors (Lipinski definition) is 0. The Morgan fingerprint density at radius 3 is 2.54 bits per heavy atom. The zero-order valence-electron chi connectivity index (χ0n) is 13.1. The summed E-state index contributed by atoms with van der Waals surface area (Å²) < 4.78 is 0.923. The van der Waals surface area contributed by atoms with Gasteiger partial charge in [0.1, 0.15) is 6.04 Å². The van der Waals surface area contributed by atoms with Crippen LogP contribution >= 0.6 is 15.9 Å². The van der Waals surface area contributed by atoms with Crippen LogP contribution in [0.25, 0.3) is 0 Å². The molecule has 2 aliphatic heterocycles. The molecule has 0 radical (unpaired) electrons. The van der Waals surface area contributed by atoms with Crippen LogP contribution in [-0.4, -0.2) is 24.4 Å². The first-order chi connectivity index (χ1) is 11.6. The molecular formula is C19H17BrN2O2. The number of hydrogen-bond acceptors (Lipinski definition) is 3. The average Bonchev–Trinajstić information content (AvgIpc) is 2.90. The lowest BCUT2D eigenvalue weighted by Gasteiger charge is -2.34. The fourth-order valence-corrected chi connectivity index (χ4v) is 3.87. The lowest BCUT2D eigenvalue weighted by molar-refractivity contribution is -0.121. The number of nitrogens with zero attached hydrogens (tertiary/aromatic N) is 2. The van der Waals surface area contributed by atoms with Crippen molar-refractivity contribution in [2.24, 2.45) is 0 Å². The number of para-hydroxylation sites is 1. The molecule has 0 spiro atoms. The number of rotatable bonds is 2. The number of aryl methyl sites for hydroxylation is 1. The molecule has 0 aliphatic carbocycles. The molecule has 1 fully saturated rings. The minimum absolute atomic E-state index is 0.126. The number of anilines is 2. The second-order valence-corrected chi connectivity index (χ2v) is 7.11. The molecule has 0 N–H and O–H groups in total. The maximum atomic E-state index is 13.0. The number of carbonyl (C=O) groups excluding carboxylic acids is 2. The number of carbonyl (C=O) groups is 2. The Balaban J connectivity index is 1.66. The summed E-state index contributed by atoms with van der Waals surface area (Å²) in [6.45, 7) is 0.814. The number of halogens is 1. The molecular weight excluding hydrogens is 368 g/mol. The molecule has 24 heavy (non-hydrogen) atoms. The van der Waals surface area contributed by atoms with Crippen molar-refractivity contribution in [3.05, 3.63) is 58.6 Å². The van der Waals surface area contributed by atoms with Crippen molar-refractivity contribution >= 4 is 39.1 Å². The highest BCUT2D eigenvalue weighted by Crippen LogP contribution is 2.33. The van der Waals surface area contributed by atoms with E-state index in [-0.39, 0.29) is 18.2 Å². The van der Waals surface area contributed by atoms with Crippen molar-refractivity contribution < 1.29 is 9.59 Å². The molecule has 2 aromatic rings. The van der Waals surface area contributed by atoms with Crippen LogP contribution in [-0.2, 0) is 16.0 Å². The van der Waals surface area contributed by atoms with Crippen LogP contribution in [0.5, 0.6) is 0 Å². The molecule has 5 heteroatoms. The Hall–Kier alpha value is -2.14. The smallest absolute Gasteiger partial charge is 0.256 e. The van der Waals surface area contributed by atoms with Crippen LogP contribution in [0, 0.1) is 0 Å². The lowest BCUT2D eigenvalue weighted by atomic mass is 9.99. The second-order valence-electron chi connectivity index (χ2n) is 6.19. The molecule has 4 nitrogen and oxygen atoms in total. The SMILES string of the molecule is O=C1CC(N2CCCc3ccccc32)C(=O)N1c1ccc(Br)cc1. The molecule has 1 unspecified atom stereocenters. The minimum atomic E-state index is -0.400. The highest BCUT2D eigenvalue weighted by molar-refractivity contribution is 9.10. The van der Waals surface area contributed by atoms with Gasteiger partial charge in [0.05, 0.1) is 12.1 Å². The lowest BCUT2D eigenvalue weighted by Crippen LogP contribution is -2.44. The van der Waals surface area contributed by atoms with Gasteiger partial charge in [-0.05, 0) is 48.7 Å². The van der Waals surface area contributed by atoms with Gasteiger partial charge in [-0.3, -0.25) is 9.59 Å². The van der Waals surface area contributed by atoms with E-state index in [0.717, 1.165) is 29.5 Å². The minimum Gasteiger partial charge on any atom is -0.359 e. The molecule has 1 atom stereocenters. The van der Waals surface area contributed by atoms with E-state index in [1.807, 2.05) is 24.3 Å². The van der Waals surface area contributed by atoms with Gasteiger partial charge in [0, 0.05) is 16.7 Å². The number of fused-ring (bicyclic) bond motifs is 1. The number of imide groups is 1. The summed E-state index contributed by atoms with van der Waals surface area (Å²) in [6, 6.07) is 15.1. The van der Waals surface area contributed by atoms with E-state index in [1.165, 1.54) is 10.5 Å². The van der Waals surface area contributed by atoms with Gasteiger partial charge in [-0.1, -0.05) is 34.1 Å². The van der Waals surface area contributed by atoms with Crippen molar-refractivity contribution in [2.75, 3.05) is 16.3 Å². The Labute approximate surface area is 149 Å². The van der Waals surface area contributed by atoms with Crippen LogP contribution in [0.1, 0.15) is 18.4 Å². The van der Waals surface area contributed by atoms with Gasteiger partial charge < -0.3 is 4.90 Å². The molecule has 2 aliphatic rings. The number of benzene rings is 2. The molecule has 2 amide bonds. The van der Waals surface area contributed by atoms with E-state index < -0.39 is 6.04 Å². The van der Waals surface area contributed by atoms with Crippen LogP contribution in [0.2, 0.25) is 0 Å². The zero-order valence-corrected chi connectivity index (χ0v) is 14.7. The summed E-state index contributed by atoms with van der Waals surface area (Å²) in [7, 11) is 0. The van der Waals surface area contributed by atoms with E-state index in [4.69, 9.17) is 0 Å². The summed E-state index contributed by atoms with van der Waals surface area (Å²) in [5, 5.41) is 0. The van der Waals surface area contributed by atoms with Gasteiger partial charge in [0.15, 0.2) is 0 Å². The van der Waals surface area contributed by atoms with E-state index in [0.29, 0.717) is 5.69 Å². The molecule has 4 rings (SSSR count). The third-order valence-electron chi connectivity index (χ3n) is 4.73. The van der Waals surface area contributed by atoms with Gasteiger partial charge in [-0.2, -0.15) is 0 Å². The van der Waals surface area contributed by atoms with Crippen molar-refractivity contribution in [1.29, 1.82) is 0 Å². The summed E-state index contributed by atoms with van der Waals surface area (Å²) >= 11 is 3.38. The highest BCUT2D eigenvalue weighted by Gasteiger charge is 2.43. The first-order valence-electron chi connectivity index (χ1n) is 8.12. The normalized spacial score (nSPS) is 20.5. The quantitative estimate of drug-likeness (QED) is 0.743. The Morgan fingerprint density at radius 2 is 1.75 bits per heavy atom. The average molecular weight is 385 g/mol. The number of amides is 2. The van der Waals surface area contributed by atoms with Gasteiger partial charge in [-0.25, -0.2) is 4.90 Å². The summed E-state index contributed by atoms with van der Waals surface area (Å²) in [5.41, 5.74) is 2.99. The van der Waals surface area contributed by atoms with Crippen LogP contribution < -0.4 is 9.80 Å². The Bertz CT molecular complexity index is 803. The standard InChI is InChI=1S/C19H17BrN2O2/c20-14-7-9-15(10-8-14)22-18(23)12-17(19(22)24)21-11-3-5-13-4-1-2-6-16(13)21/h1-2,4,6-10,17H,3,5,11-12H2. The Kier molecular flexibility index (Phi) is 3.88. The van der Waals surface area contributed by atoms with Crippen molar-refractivity contribution in [1.82, 2.24) is 0 Å². The predicted octanol–water partition coefficient (Wildman–Crippen LogP) is 3.53. The molecule has 0 saturated carbocycles. The van der Waals surface area contributed by atoms with Crippen molar-refractivity contribution in [3.63, 3.8) is 0 Å². The largest absolute Gasteiger partial charge is 0.359 e. The van der Waals surface area contributed by atoms with Gasteiger partial charge in [0.25, 0.3) is 5.91 Å². The molecule has 0 bridgehead atoms. The van der Waals surface area contributed by atoms with E-state index in [2.05, 4.69) is 33.0 Å². The topological polar surface area (TPSA) is 40.6 Å². The molecule has 122 valence electrons. The maximum absolute atomic E-state index is 13.0. The molecule has 2 aromatic carbocycles. The molecule has 1 saturated heterocycles. The van der Waals surface area contributed by atoms with Crippen molar-refractivity contribution in [3.8, 4) is 0 Å². The third kappa shape index (κ3) is 2.53. The fraction of sp³-hybridized carbons (Fsp3) is 0.263. The fourth-order valence-electron chi connectivity index (χ4n) is 3.61. The molecule has 2 heterocycles.